The summed E-state index contributed by atoms with van der Waals surface area (Å²) < 4.78 is 5.16. The number of hydrogen-bond acceptors (Lipinski definition) is 6. The van der Waals surface area contributed by atoms with E-state index in [1.807, 2.05) is 55.5 Å². The lowest BCUT2D eigenvalue weighted by Gasteiger charge is -2.39. The number of nitrogens with zero attached hydrogens (tertiary/aromatic N) is 3. The van der Waals surface area contributed by atoms with Crippen molar-refractivity contribution >= 4 is 11.9 Å². The Morgan fingerprint density at radius 2 is 1.65 bits per heavy atom. The SMILES string of the molecule is COC(=O)[C@H]1C[C@@H](C(=O)NC(C)(Cc2ccc(C#N)cc2)c2cnc[nH]2)CN(CC(c2ccccc2)c2ccccc2)C1. The number of rotatable bonds is 10. The van der Waals surface area contributed by atoms with Crippen LogP contribution in [-0.4, -0.2) is 53.5 Å². The van der Waals surface area contributed by atoms with E-state index in [1.165, 1.54) is 18.2 Å². The third-order valence-electron chi connectivity index (χ3n) is 8.41. The molecule has 1 unspecified atom stereocenters. The number of hydrogen-bond donors (Lipinski definition) is 2. The number of amides is 1. The number of carbonyl (C=O) groups is 2. The number of H-pyrrole nitrogens is 1. The van der Waals surface area contributed by atoms with E-state index in [0.29, 0.717) is 38.0 Å². The molecule has 8 heteroatoms. The maximum Gasteiger partial charge on any atom is 0.309 e. The molecule has 0 radical (unpaired) electrons. The summed E-state index contributed by atoms with van der Waals surface area (Å²) in [6, 6.07) is 30.2. The second-order valence-electron chi connectivity index (χ2n) is 11.5. The first-order valence-electron chi connectivity index (χ1n) is 14.6. The van der Waals surface area contributed by atoms with Crippen molar-refractivity contribution in [1.29, 1.82) is 5.26 Å². The van der Waals surface area contributed by atoms with E-state index in [1.54, 1.807) is 24.7 Å². The lowest BCUT2D eigenvalue weighted by molar-refractivity contribution is -0.149. The van der Waals surface area contributed by atoms with Gasteiger partial charge in [-0.15, -0.1) is 0 Å². The summed E-state index contributed by atoms with van der Waals surface area (Å²) in [4.78, 5) is 36.5. The molecule has 5 rings (SSSR count). The number of nitrogens with one attached hydrogen (secondary N) is 2. The molecule has 1 aliphatic heterocycles. The molecule has 3 aromatic carbocycles. The predicted molar refractivity (Wildman–Crippen MR) is 164 cm³/mol. The van der Waals surface area contributed by atoms with E-state index in [4.69, 9.17) is 4.74 Å². The zero-order valence-electron chi connectivity index (χ0n) is 24.6. The number of aromatic amines is 1. The highest BCUT2D eigenvalue weighted by Gasteiger charge is 2.39. The molecular formula is C35H37N5O3. The van der Waals surface area contributed by atoms with Crippen LogP contribution in [0.3, 0.4) is 0 Å². The molecule has 0 saturated carbocycles. The Hall–Kier alpha value is -4.74. The van der Waals surface area contributed by atoms with Gasteiger partial charge in [-0.05, 0) is 42.2 Å². The van der Waals surface area contributed by atoms with Crippen LogP contribution in [0, 0.1) is 23.2 Å². The van der Waals surface area contributed by atoms with Crippen LogP contribution in [0.5, 0.6) is 0 Å². The molecule has 1 aromatic heterocycles. The number of esters is 1. The van der Waals surface area contributed by atoms with Gasteiger partial charge in [0.25, 0.3) is 0 Å². The highest BCUT2D eigenvalue weighted by Crippen LogP contribution is 2.31. The van der Waals surface area contributed by atoms with Crippen molar-refractivity contribution in [2.75, 3.05) is 26.7 Å². The number of nitriles is 1. The second kappa shape index (κ2) is 13.5. The summed E-state index contributed by atoms with van der Waals surface area (Å²) in [6.07, 6.45) is 4.22. The fourth-order valence-corrected chi connectivity index (χ4v) is 6.14. The third kappa shape index (κ3) is 7.19. The summed E-state index contributed by atoms with van der Waals surface area (Å²) in [5.41, 5.74) is 3.91. The van der Waals surface area contributed by atoms with Gasteiger partial charge in [0.2, 0.25) is 5.91 Å². The first-order chi connectivity index (χ1) is 20.9. The lowest BCUT2D eigenvalue weighted by atomic mass is 9.84. The molecule has 1 amide bonds. The number of piperidine rings is 1. The molecule has 0 bridgehead atoms. The Balaban J connectivity index is 1.39. The summed E-state index contributed by atoms with van der Waals surface area (Å²) in [7, 11) is 1.40. The summed E-state index contributed by atoms with van der Waals surface area (Å²) in [5.74, 6) is -1.19. The molecule has 4 aromatic rings. The van der Waals surface area contributed by atoms with Crippen molar-refractivity contribution in [2.24, 2.45) is 11.8 Å². The summed E-state index contributed by atoms with van der Waals surface area (Å²) in [5, 5.41) is 12.5. The summed E-state index contributed by atoms with van der Waals surface area (Å²) in [6.45, 7) is 3.67. The van der Waals surface area contributed by atoms with Gasteiger partial charge in [-0.25, -0.2) is 4.98 Å². The normalized spacial score (nSPS) is 18.4. The molecule has 8 nitrogen and oxygen atoms in total. The van der Waals surface area contributed by atoms with E-state index in [9.17, 15) is 14.9 Å². The number of aromatic nitrogens is 2. The monoisotopic (exact) mass is 575 g/mol. The van der Waals surface area contributed by atoms with E-state index in [0.717, 1.165) is 11.3 Å². The number of benzene rings is 3. The van der Waals surface area contributed by atoms with Crippen LogP contribution in [0.4, 0.5) is 0 Å². The Labute approximate surface area is 252 Å². The zero-order chi connectivity index (χ0) is 30.2. The van der Waals surface area contributed by atoms with E-state index >= 15 is 0 Å². The van der Waals surface area contributed by atoms with Crippen LogP contribution < -0.4 is 5.32 Å². The van der Waals surface area contributed by atoms with Gasteiger partial charge in [0.15, 0.2) is 0 Å². The smallest absolute Gasteiger partial charge is 0.309 e. The van der Waals surface area contributed by atoms with Gasteiger partial charge >= 0.3 is 5.97 Å². The largest absolute Gasteiger partial charge is 0.469 e. The van der Waals surface area contributed by atoms with Crippen molar-refractivity contribution in [2.45, 2.75) is 31.2 Å². The maximum absolute atomic E-state index is 14.1. The first kappa shape index (κ1) is 29.7. The molecule has 1 saturated heterocycles. The molecule has 43 heavy (non-hydrogen) atoms. The quantitative estimate of drug-likeness (QED) is 0.263. The number of imidazole rings is 1. The topological polar surface area (TPSA) is 111 Å². The number of ether oxygens (including phenoxy) is 1. The van der Waals surface area contributed by atoms with Crippen LogP contribution in [0.2, 0.25) is 0 Å². The van der Waals surface area contributed by atoms with Crippen LogP contribution >= 0.6 is 0 Å². The zero-order valence-corrected chi connectivity index (χ0v) is 24.6. The first-order valence-corrected chi connectivity index (χ1v) is 14.6. The predicted octanol–water partition coefficient (Wildman–Crippen LogP) is 4.80. The molecule has 2 N–H and O–H groups in total. The van der Waals surface area contributed by atoms with Crippen molar-refractivity contribution in [1.82, 2.24) is 20.2 Å². The molecule has 0 aliphatic carbocycles. The van der Waals surface area contributed by atoms with E-state index < -0.39 is 17.4 Å². The van der Waals surface area contributed by atoms with Gasteiger partial charge in [-0.2, -0.15) is 5.26 Å². The minimum absolute atomic E-state index is 0.0779. The van der Waals surface area contributed by atoms with E-state index in [-0.39, 0.29) is 17.8 Å². The summed E-state index contributed by atoms with van der Waals surface area (Å²) >= 11 is 0. The Kier molecular flexibility index (Phi) is 9.33. The Morgan fingerprint density at radius 3 is 2.21 bits per heavy atom. The lowest BCUT2D eigenvalue weighted by Crippen LogP contribution is -2.53. The van der Waals surface area contributed by atoms with Crippen LogP contribution in [0.15, 0.2) is 97.5 Å². The molecule has 1 fully saturated rings. The van der Waals surface area contributed by atoms with Gasteiger partial charge in [0.05, 0.1) is 54.3 Å². The number of methoxy groups -OCH3 is 1. The minimum Gasteiger partial charge on any atom is -0.469 e. The highest BCUT2D eigenvalue weighted by molar-refractivity contribution is 5.81. The van der Waals surface area contributed by atoms with Crippen molar-refractivity contribution in [3.63, 3.8) is 0 Å². The fourth-order valence-electron chi connectivity index (χ4n) is 6.14. The fraction of sp³-hybridized carbons (Fsp3) is 0.314. The van der Waals surface area contributed by atoms with Crippen LogP contribution in [-0.2, 0) is 26.3 Å². The molecule has 1 aliphatic rings. The van der Waals surface area contributed by atoms with Crippen molar-refractivity contribution < 1.29 is 14.3 Å². The highest BCUT2D eigenvalue weighted by atomic mass is 16.5. The minimum atomic E-state index is -0.790. The molecule has 0 spiro atoms. The molecular weight excluding hydrogens is 538 g/mol. The number of likely N-dealkylation sites (tertiary alicyclic amines) is 1. The van der Waals surface area contributed by atoms with Crippen molar-refractivity contribution in [3.8, 4) is 6.07 Å². The standard InChI is InChI=1S/C35H37N5O3/c1-35(32-20-37-24-38-32,18-25-13-15-26(19-36)16-14-25)39-33(41)29-17-30(34(42)43-2)22-40(21-29)23-31(27-9-5-3-6-10-27)28-11-7-4-8-12-28/h3-16,20,24,29-31H,17-18,21-23H2,1-2H3,(H,37,38)(H,39,41)/t29-,30+,35?/m1/s1. The molecule has 220 valence electrons. The Bertz CT molecular complexity index is 1490. The van der Waals surface area contributed by atoms with Crippen LogP contribution in [0.1, 0.15) is 47.2 Å². The third-order valence-corrected chi connectivity index (χ3v) is 8.41. The molecule has 2 heterocycles. The van der Waals surface area contributed by atoms with Gasteiger partial charge < -0.3 is 19.9 Å². The maximum atomic E-state index is 14.1. The van der Waals surface area contributed by atoms with Gasteiger partial charge in [-0.3, -0.25) is 9.59 Å². The van der Waals surface area contributed by atoms with Crippen LogP contribution in [0.25, 0.3) is 0 Å². The van der Waals surface area contributed by atoms with Gasteiger partial charge in [0, 0.05) is 32.0 Å². The van der Waals surface area contributed by atoms with Crippen molar-refractivity contribution in [3.05, 3.63) is 125 Å². The van der Waals surface area contributed by atoms with Gasteiger partial charge in [-0.1, -0.05) is 72.8 Å². The number of carbonyl (C=O) groups excluding carboxylic acids is 2. The Morgan fingerprint density at radius 1 is 1.02 bits per heavy atom. The van der Waals surface area contributed by atoms with E-state index in [2.05, 4.69) is 50.5 Å². The average Bonchev–Trinajstić information content (AvgIpc) is 3.61. The molecule has 3 atom stereocenters. The van der Waals surface area contributed by atoms with Gasteiger partial charge in [0.1, 0.15) is 0 Å². The second-order valence-corrected chi connectivity index (χ2v) is 11.5. The average molecular weight is 576 g/mol.